The van der Waals surface area contributed by atoms with Crippen molar-refractivity contribution in [3.05, 3.63) is 39.4 Å². The molecule has 0 bridgehead atoms. The quantitative estimate of drug-likeness (QED) is 0.508. The van der Waals surface area contributed by atoms with E-state index in [-0.39, 0.29) is 40.0 Å². The Hall–Kier alpha value is -2.65. The Labute approximate surface area is 153 Å². The first-order valence-electron chi connectivity index (χ1n) is 6.94. The average molecular weight is 425 g/mol. The lowest BCUT2D eigenvalue weighted by Crippen LogP contribution is -2.27. The van der Waals surface area contributed by atoms with Gasteiger partial charge in [0, 0.05) is 25.1 Å². The van der Waals surface area contributed by atoms with E-state index in [9.17, 15) is 36.5 Å². The maximum Gasteiger partial charge on any atom is 0.445 e. The summed E-state index contributed by atoms with van der Waals surface area (Å²) in [7, 11) is -4.01. The normalized spacial score (nSPS) is 12.0. The van der Waals surface area contributed by atoms with E-state index in [1.807, 2.05) is 0 Å². The number of carbonyl (C=O) groups excluding carboxylic acids is 1. The van der Waals surface area contributed by atoms with Gasteiger partial charge in [-0.05, 0) is 12.1 Å². The molecule has 1 amide bonds. The SMILES string of the molecule is O=C(CCNS(=O)(=O)c1ccc([N+](=O)[O-])cc1)Nc1nnc(C(F)(F)F)s1. The third-order valence-corrected chi connectivity index (χ3v) is 5.28. The van der Waals surface area contributed by atoms with Crippen LogP contribution in [0.4, 0.5) is 24.0 Å². The van der Waals surface area contributed by atoms with Crippen molar-refractivity contribution >= 4 is 38.1 Å². The van der Waals surface area contributed by atoms with Gasteiger partial charge < -0.3 is 5.32 Å². The van der Waals surface area contributed by atoms with Crippen LogP contribution in [-0.4, -0.2) is 36.0 Å². The molecule has 0 aliphatic heterocycles. The van der Waals surface area contributed by atoms with Crippen LogP contribution >= 0.6 is 11.3 Å². The Morgan fingerprint density at radius 1 is 1.22 bits per heavy atom. The predicted octanol–water partition coefficient (Wildman–Crippen LogP) is 1.77. The van der Waals surface area contributed by atoms with Crippen molar-refractivity contribution in [2.75, 3.05) is 11.9 Å². The first-order chi connectivity index (χ1) is 12.5. The number of aromatic nitrogens is 2. The molecular formula is C12H10F3N5O5S2. The summed E-state index contributed by atoms with van der Waals surface area (Å²) in [5.41, 5.74) is -0.288. The molecule has 15 heteroatoms. The molecule has 0 fully saturated rings. The van der Waals surface area contributed by atoms with Gasteiger partial charge in [-0.2, -0.15) is 13.2 Å². The van der Waals surface area contributed by atoms with Gasteiger partial charge >= 0.3 is 6.18 Å². The van der Waals surface area contributed by atoms with Crippen molar-refractivity contribution in [2.24, 2.45) is 0 Å². The Morgan fingerprint density at radius 3 is 2.37 bits per heavy atom. The van der Waals surface area contributed by atoms with Gasteiger partial charge in [-0.15, -0.1) is 10.2 Å². The van der Waals surface area contributed by atoms with Gasteiger partial charge in [0.25, 0.3) is 5.69 Å². The van der Waals surface area contributed by atoms with Crippen molar-refractivity contribution in [3.63, 3.8) is 0 Å². The van der Waals surface area contributed by atoms with E-state index < -0.39 is 32.0 Å². The minimum absolute atomic E-state index is 0.135. The highest BCUT2D eigenvalue weighted by Crippen LogP contribution is 2.32. The maximum atomic E-state index is 12.4. The Morgan fingerprint density at radius 2 is 1.85 bits per heavy atom. The maximum absolute atomic E-state index is 12.4. The summed E-state index contributed by atoms with van der Waals surface area (Å²) in [6.07, 6.45) is -5.06. The summed E-state index contributed by atoms with van der Waals surface area (Å²) in [4.78, 5) is 21.3. The van der Waals surface area contributed by atoms with Gasteiger partial charge in [0.05, 0.1) is 9.82 Å². The second kappa shape index (κ2) is 7.93. The highest BCUT2D eigenvalue weighted by atomic mass is 32.2. The summed E-state index contributed by atoms with van der Waals surface area (Å²) < 4.78 is 63.3. The molecule has 0 spiro atoms. The molecule has 2 rings (SSSR count). The van der Waals surface area contributed by atoms with Crippen LogP contribution in [0.15, 0.2) is 29.2 Å². The zero-order chi connectivity index (χ0) is 20.2. The van der Waals surface area contributed by atoms with E-state index in [1.54, 1.807) is 0 Å². The molecule has 146 valence electrons. The fraction of sp³-hybridized carbons (Fsp3) is 0.250. The van der Waals surface area contributed by atoms with E-state index in [1.165, 1.54) is 0 Å². The molecule has 10 nitrogen and oxygen atoms in total. The minimum Gasteiger partial charge on any atom is -0.300 e. The Balaban J connectivity index is 1.88. The molecular weight excluding hydrogens is 415 g/mol. The topological polar surface area (TPSA) is 144 Å². The van der Waals surface area contributed by atoms with Gasteiger partial charge in [0.15, 0.2) is 0 Å². The molecule has 0 atom stereocenters. The van der Waals surface area contributed by atoms with Crippen molar-refractivity contribution in [1.82, 2.24) is 14.9 Å². The number of amides is 1. The van der Waals surface area contributed by atoms with Crippen molar-refractivity contribution in [2.45, 2.75) is 17.5 Å². The molecule has 27 heavy (non-hydrogen) atoms. The predicted molar refractivity (Wildman–Crippen MR) is 86.4 cm³/mol. The minimum atomic E-state index is -4.68. The smallest absolute Gasteiger partial charge is 0.300 e. The summed E-state index contributed by atoms with van der Waals surface area (Å²) in [6.45, 7) is -0.351. The lowest BCUT2D eigenvalue weighted by molar-refractivity contribution is -0.384. The lowest BCUT2D eigenvalue weighted by atomic mass is 10.3. The summed E-state index contributed by atoms with van der Waals surface area (Å²) in [6, 6.07) is 4.07. The molecule has 0 aliphatic carbocycles. The first-order valence-corrected chi connectivity index (χ1v) is 9.24. The number of nitro benzene ring substituents is 1. The number of nitro groups is 1. The number of hydrogen-bond donors (Lipinski definition) is 2. The number of sulfonamides is 1. The van der Waals surface area contributed by atoms with E-state index in [0.29, 0.717) is 0 Å². The van der Waals surface area contributed by atoms with Crippen LogP contribution < -0.4 is 10.0 Å². The summed E-state index contributed by atoms with van der Waals surface area (Å²) in [5, 5.41) is 17.1. The zero-order valence-corrected chi connectivity index (χ0v) is 14.7. The van der Waals surface area contributed by atoms with Crippen LogP contribution in [0.2, 0.25) is 0 Å². The van der Waals surface area contributed by atoms with Crippen molar-refractivity contribution < 1.29 is 31.3 Å². The van der Waals surface area contributed by atoms with E-state index in [0.717, 1.165) is 24.3 Å². The first kappa shape index (κ1) is 20.7. The standard InChI is InChI=1S/C12H10F3N5O5S2/c13-12(14,15)10-18-19-11(26-10)17-9(21)5-6-16-27(24,25)8-3-1-7(2-4-8)20(22)23/h1-4,16H,5-6H2,(H,17,19,21). The van der Waals surface area contributed by atoms with Crippen LogP contribution in [-0.2, 0) is 21.0 Å². The molecule has 0 aliphatic rings. The van der Waals surface area contributed by atoms with Crippen LogP contribution in [0, 0.1) is 10.1 Å². The number of anilines is 1. The van der Waals surface area contributed by atoms with Crippen molar-refractivity contribution in [1.29, 1.82) is 0 Å². The number of non-ortho nitro benzene ring substituents is 1. The summed E-state index contributed by atoms with van der Waals surface area (Å²) in [5.74, 6) is -0.772. The number of alkyl halides is 3. The van der Waals surface area contributed by atoms with E-state index in [4.69, 9.17) is 0 Å². The van der Waals surface area contributed by atoms with Gasteiger partial charge in [0.2, 0.25) is 26.1 Å². The van der Waals surface area contributed by atoms with Gasteiger partial charge in [-0.25, -0.2) is 13.1 Å². The molecule has 0 unspecified atom stereocenters. The number of benzene rings is 1. The fourth-order valence-electron chi connectivity index (χ4n) is 1.70. The van der Waals surface area contributed by atoms with Gasteiger partial charge in [-0.1, -0.05) is 11.3 Å². The van der Waals surface area contributed by atoms with Gasteiger partial charge in [-0.3, -0.25) is 14.9 Å². The molecule has 2 aromatic rings. The Bertz CT molecular complexity index is 943. The number of nitrogens with one attached hydrogen (secondary N) is 2. The number of hydrogen-bond acceptors (Lipinski definition) is 8. The number of halogens is 3. The number of rotatable bonds is 7. The second-order valence-electron chi connectivity index (χ2n) is 4.86. The van der Waals surface area contributed by atoms with E-state index in [2.05, 4.69) is 20.2 Å². The molecule has 0 radical (unpaired) electrons. The second-order valence-corrected chi connectivity index (χ2v) is 7.60. The fourth-order valence-corrected chi connectivity index (χ4v) is 3.36. The molecule has 2 N–H and O–H groups in total. The largest absolute Gasteiger partial charge is 0.445 e. The lowest BCUT2D eigenvalue weighted by Gasteiger charge is -2.06. The highest BCUT2D eigenvalue weighted by Gasteiger charge is 2.35. The zero-order valence-electron chi connectivity index (χ0n) is 13.1. The molecule has 0 saturated carbocycles. The van der Waals surface area contributed by atoms with Crippen LogP contribution in [0.3, 0.4) is 0 Å². The highest BCUT2D eigenvalue weighted by molar-refractivity contribution is 7.89. The van der Waals surface area contributed by atoms with Crippen molar-refractivity contribution in [3.8, 4) is 0 Å². The third kappa shape index (κ3) is 5.66. The molecule has 1 aromatic heterocycles. The van der Waals surface area contributed by atoms with Gasteiger partial charge in [0.1, 0.15) is 0 Å². The molecule has 0 saturated heterocycles. The van der Waals surface area contributed by atoms with Crippen LogP contribution in [0.5, 0.6) is 0 Å². The molecule has 1 aromatic carbocycles. The monoisotopic (exact) mass is 425 g/mol. The van der Waals surface area contributed by atoms with Crippen LogP contribution in [0.25, 0.3) is 0 Å². The Kier molecular flexibility index (Phi) is 6.07. The molecule has 1 heterocycles. The number of nitrogens with zero attached hydrogens (tertiary/aromatic N) is 3. The van der Waals surface area contributed by atoms with Crippen LogP contribution in [0.1, 0.15) is 11.4 Å². The van der Waals surface area contributed by atoms with E-state index >= 15 is 0 Å². The summed E-state index contributed by atoms with van der Waals surface area (Å²) >= 11 is 0.135. The average Bonchev–Trinajstić information content (AvgIpc) is 3.03. The number of carbonyl (C=O) groups is 1. The third-order valence-electron chi connectivity index (χ3n) is 2.92.